The molecule has 0 spiro atoms. The Hall–Kier alpha value is -3.36. The second-order valence-corrected chi connectivity index (χ2v) is 10.9. The van der Waals surface area contributed by atoms with Crippen molar-refractivity contribution in [3.63, 3.8) is 0 Å². The van der Waals surface area contributed by atoms with E-state index in [2.05, 4.69) is 5.32 Å². The molecular formula is C27H30ClN3O4S. The van der Waals surface area contributed by atoms with Crippen molar-refractivity contribution in [1.82, 2.24) is 10.2 Å². The number of rotatable bonds is 9. The van der Waals surface area contributed by atoms with E-state index in [0.29, 0.717) is 16.3 Å². The topological polar surface area (TPSA) is 86.8 Å². The molecule has 3 aromatic carbocycles. The second kappa shape index (κ2) is 11.6. The van der Waals surface area contributed by atoms with Gasteiger partial charge in [-0.2, -0.15) is 0 Å². The number of carbonyl (C=O) groups excluding carboxylic acids is 2. The van der Waals surface area contributed by atoms with Crippen molar-refractivity contribution in [1.29, 1.82) is 0 Å². The number of sulfonamides is 1. The average Bonchev–Trinajstić information content (AvgIpc) is 2.85. The lowest BCUT2D eigenvalue weighted by Gasteiger charge is -2.32. The minimum atomic E-state index is -4.09. The number of likely N-dealkylation sites (N-methyl/N-ethyl adjacent to an activating group) is 1. The smallest absolute Gasteiger partial charge is 0.264 e. The zero-order valence-electron chi connectivity index (χ0n) is 20.7. The highest BCUT2D eigenvalue weighted by Gasteiger charge is 2.32. The van der Waals surface area contributed by atoms with Crippen LogP contribution < -0.4 is 9.62 Å². The molecule has 3 rings (SSSR count). The van der Waals surface area contributed by atoms with Crippen molar-refractivity contribution in [2.24, 2.45) is 0 Å². The lowest BCUT2D eigenvalue weighted by Crippen LogP contribution is -2.50. The van der Waals surface area contributed by atoms with Crippen LogP contribution in [-0.2, 0) is 26.2 Å². The molecule has 7 nitrogen and oxygen atoms in total. The molecule has 0 saturated heterocycles. The molecule has 0 aliphatic rings. The van der Waals surface area contributed by atoms with Gasteiger partial charge in [-0.15, -0.1) is 0 Å². The van der Waals surface area contributed by atoms with Crippen molar-refractivity contribution < 1.29 is 18.0 Å². The predicted octanol–water partition coefficient (Wildman–Crippen LogP) is 4.32. The Labute approximate surface area is 217 Å². The van der Waals surface area contributed by atoms with Gasteiger partial charge in [-0.1, -0.05) is 59.6 Å². The van der Waals surface area contributed by atoms with Crippen molar-refractivity contribution in [3.05, 3.63) is 94.5 Å². The fraction of sp³-hybridized carbons (Fsp3) is 0.259. The molecule has 0 unspecified atom stereocenters. The SMILES string of the molecule is CNC(=O)[C@@H](C)N(Cc1cccc(Cl)c1)C(=O)CN(c1ccccc1C)S(=O)(=O)c1ccc(C)cc1. The summed E-state index contributed by atoms with van der Waals surface area (Å²) in [5.41, 5.74) is 2.72. The Morgan fingerprint density at radius 3 is 2.25 bits per heavy atom. The number of nitrogens with zero attached hydrogens (tertiary/aromatic N) is 2. The van der Waals surface area contributed by atoms with E-state index in [9.17, 15) is 18.0 Å². The number of nitrogens with one attached hydrogen (secondary N) is 1. The van der Waals surface area contributed by atoms with E-state index in [1.807, 2.05) is 6.92 Å². The molecule has 1 atom stereocenters. The van der Waals surface area contributed by atoms with E-state index in [-0.39, 0.29) is 17.3 Å². The molecule has 3 aromatic rings. The summed E-state index contributed by atoms with van der Waals surface area (Å²) in [6.07, 6.45) is 0. The highest BCUT2D eigenvalue weighted by molar-refractivity contribution is 7.92. The molecule has 2 amide bonds. The van der Waals surface area contributed by atoms with Crippen molar-refractivity contribution in [2.75, 3.05) is 17.9 Å². The molecule has 0 aliphatic heterocycles. The number of anilines is 1. The van der Waals surface area contributed by atoms with Gasteiger partial charge >= 0.3 is 0 Å². The first-order valence-corrected chi connectivity index (χ1v) is 13.3. The lowest BCUT2D eigenvalue weighted by molar-refractivity contribution is -0.139. The predicted molar refractivity (Wildman–Crippen MR) is 142 cm³/mol. The van der Waals surface area contributed by atoms with Crippen LogP contribution in [0.1, 0.15) is 23.6 Å². The largest absolute Gasteiger partial charge is 0.357 e. The molecule has 0 fully saturated rings. The van der Waals surface area contributed by atoms with Gasteiger partial charge in [-0.25, -0.2) is 8.42 Å². The number of halogens is 1. The van der Waals surface area contributed by atoms with Crippen LogP contribution >= 0.6 is 11.6 Å². The Kier molecular flexibility index (Phi) is 8.76. The van der Waals surface area contributed by atoms with E-state index in [1.165, 1.54) is 24.1 Å². The van der Waals surface area contributed by atoms with E-state index in [4.69, 9.17) is 11.6 Å². The van der Waals surface area contributed by atoms with Gasteiger partial charge in [-0.3, -0.25) is 13.9 Å². The van der Waals surface area contributed by atoms with Crippen LogP contribution in [0.15, 0.2) is 77.7 Å². The van der Waals surface area contributed by atoms with Gasteiger partial charge in [-0.05, 0) is 62.2 Å². The number of aryl methyl sites for hydroxylation is 2. The van der Waals surface area contributed by atoms with E-state index in [0.717, 1.165) is 15.4 Å². The first kappa shape index (κ1) is 27.2. The summed E-state index contributed by atoms with van der Waals surface area (Å²) in [6, 6.07) is 19.6. The summed E-state index contributed by atoms with van der Waals surface area (Å²) in [7, 11) is -2.60. The van der Waals surface area contributed by atoms with Crippen molar-refractivity contribution in [2.45, 2.75) is 38.3 Å². The maximum absolute atomic E-state index is 13.8. The number of hydrogen-bond donors (Lipinski definition) is 1. The number of hydrogen-bond acceptors (Lipinski definition) is 4. The third-order valence-corrected chi connectivity index (χ3v) is 7.94. The van der Waals surface area contributed by atoms with Crippen LogP contribution in [0.3, 0.4) is 0 Å². The molecule has 0 bridgehead atoms. The van der Waals surface area contributed by atoms with Crippen molar-refractivity contribution >= 4 is 39.1 Å². The van der Waals surface area contributed by atoms with Gasteiger partial charge in [0.15, 0.2) is 0 Å². The molecule has 36 heavy (non-hydrogen) atoms. The Morgan fingerprint density at radius 2 is 1.64 bits per heavy atom. The maximum Gasteiger partial charge on any atom is 0.264 e. The summed E-state index contributed by atoms with van der Waals surface area (Å²) in [5.74, 6) is -0.890. The molecule has 9 heteroatoms. The molecule has 0 heterocycles. The average molecular weight is 528 g/mol. The van der Waals surface area contributed by atoms with E-state index < -0.39 is 28.5 Å². The number of para-hydroxylation sites is 1. The van der Waals surface area contributed by atoms with Crippen LogP contribution in [0, 0.1) is 13.8 Å². The minimum absolute atomic E-state index is 0.0740. The summed E-state index contributed by atoms with van der Waals surface area (Å²) in [6.45, 7) is 4.86. The van der Waals surface area contributed by atoms with Gasteiger partial charge in [0.2, 0.25) is 11.8 Å². The van der Waals surface area contributed by atoms with Gasteiger partial charge in [0.05, 0.1) is 10.6 Å². The fourth-order valence-corrected chi connectivity index (χ4v) is 5.51. The third-order valence-electron chi connectivity index (χ3n) is 5.93. The van der Waals surface area contributed by atoms with E-state index in [1.54, 1.807) is 74.5 Å². The Morgan fingerprint density at radius 1 is 0.972 bits per heavy atom. The van der Waals surface area contributed by atoms with E-state index >= 15 is 0 Å². The highest BCUT2D eigenvalue weighted by atomic mass is 35.5. The van der Waals surface area contributed by atoms with Crippen LogP contribution in [0.5, 0.6) is 0 Å². The lowest BCUT2D eigenvalue weighted by atomic mass is 10.1. The summed E-state index contributed by atoms with van der Waals surface area (Å²) >= 11 is 6.13. The second-order valence-electron chi connectivity index (χ2n) is 8.55. The van der Waals surface area contributed by atoms with Gasteiger partial charge in [0.25, 0.3) is 10.0 Å². The first-order valence-electron chi connectivity index (χ1n) is 11.4. The first-order chi connectivity index (χ1) is 17.0. The quantitative estimate of drug-likeness (QED) is 0.449. The normalized spacial score (nSPS) is 12.0. The highest BCUT2D eigenvalue weighted by Crippen LogP contribution is 2.27. The van der Waals surface area contributed by atoms with Crippen LogP contribution in [-0.4, -0.2) is 44.8 Å². The zero-order chi connectivity index (χ0) is 26.5. The third kappa shape index (κ3) is 6.25. The van der Waals surface area contributed by atoms with Gasteiger partial charge in [0.1, 0.15) is 12.6 Å². The van der Waals surface area contributed by atoms with Crippen LogP contribution in [0.25, 0.3) is 0 Å². The molecule has 190 valence electrons. The minimum Gasteiger partial charge on any atom is -0.357 e. The Bertz CT molecular complexity index is 1340. The number of amides is 2. The van der Waals surface area contributed by atoms with Crippen molar-refractivity contribution in [3.8, 4) is 0 Å². The maximum atomic E-state index is 13.8. The van der Waals surface area contributed by atoms with Gasteiger partial charge in [0, 0.05) is 18.6 Å². The fourth-order valence-electron chi connectivity index (χ4n) is 3.82. The molecule has 0 saturated carbocycles. The molecule has 1 N–H and O–H groups in total. The summed E-state index contributed by atoms with van der Waals surface area (Å²) in [5, 5.41) is 3.06. The van der Waals surface area contributed by atoms with Crippen LogP contribution in [0.4, 0.5) is 5.69 Å². The molecule has 0 aliphatic carbocycles. The number of benzene rings is 3. The monoisotopic (exact) mass is 527 g/mol. The number of carbonyl (C=O) groups is 2. The zero-order valence-corrected chi connectivity index (χ0v) is 22.3. The summed E-state index contributed by atoms with van der Waals surface area (Å²) in [4.78, 5) is 27.7. The Balaban J connectivity index is 2.05. The van der Waals surface area contributed by atoms with Gasteiger partial charge < -0.3 is 10.2 Å². The molecular weight excluding hydrogens is 498 g/mol. The van der Waals surface area contributed by atoms with Crippen LogP contribution in [0.2, 0.25) is 5.02 Å². The molecule has 0 radical (unpaired) electrons. The standard InChI is InChI=1S/C27H30ClN3O4S/c1-19-12-14-24(15-13-19)36(34,35)31(25-11-6-5-8-20(25)2)18-26(32)30(21(3)27(33)29-4)17-22-9-7-10-23(28)16-22/h5-16,21H,17-18H2,1-4H3,(H,29,33)/t21-/m1/s1. The molecule has 0 aromatic heterocycles. The summed E-state index contributed by atoms with van der Waals surface area (Å²) < 4.78 is 28.7.